The lowest BCUT2D eigenvalue weighted by molar-refractivity contribution is -0.122. The maximum absolute atomic E-state index is 12.1. The first kappa shape index (κ1) is 21.0. The number of ether oxygens (including phenoxy) is 1. The molecule has 29 heavy (non-hydrogen) atoms. The summed E-state index contributed by atoms with van der Waals surface area (Å²) in [6, 6.07) is 9.67. The molecular weight excluding hydrogens is 390 g/mol. The summed E-state index contributed by atoms with van der Waals surface area (Å²) in [6.45, 7) is 4.60. The molecule has 1 heterocycles. The van der Waals surface area contributed by atoms with E-state index in [1.54, 1.807) is 0 Å². The summed E-state index contributed by atoms with van der Waals surface area (Å²) in [7, 11) is 0. The molecule has 2 aromatic rings. The molecule has 3 N–H and O–H groups in total. The maximum atomic E-state index is 12.1. The van der Waals surface area contributed by atoms with Crippen LogP contribution in [0.1, 0.15) is 38.9 Å². The number of tetrazole rings is 1. The predicted octanol–water partition coefficient (Wildman–Crippen LogP) is 1.57. The van der Waals surface area contributed by atoms with Crippen molar-refractivity contribution in [3.8, 4) is 5.75 Å². The standard InChI is InChI=1S/C19H27N7O2S/c1-13-7-6-10-16(14(13)2)20-19(29)23-22-18(27)11-26-24-17(21-25-26)12-28-15-8-4-3-5-9-15/h3-5,8-9,13-14,16H,6-7,10-12H2,1-2H3,(H,22,27)(H2,20,23,29)/t13-,14-,16-/m1/s1. The van der Waals surface area contributed by atoms with E-state index in [0.717, 1.165) is 6.42 Å². The Hall–Kier alpha value is -2.75. The van der Waals surface area contributed by atoms with Gasteiger partial charge in [-0.3, -0.25) is 15.6 Å². The quantitative estimate of drug-likeness (QED) is 0.480. The van der Waals surface area contributed by atoms with Crippen LogP contribution in [0.3, 0.4) is 0 Å². The van der Waals surface area contributed by atoms with Gasteiger partial charge in [0, 0.05) is 6.04 Å². The van der Waals surface area contributed by atoms with Crippen LogP contribution in [0.15, 0.2) is 30.3 Å². The number of hydrogen-bond acceptors (Lipinski definition) is 6. The number of benzene rings is 1. The minimum atomic E-state index is -0.327. The largest absolute Gasteiger partial charge is 0.485 e. The Morgan fingerprint density at radius 3 is 2.83 bits per heavy atom. The number of amides is 1. The maximum Gasteiger partial charge on any atom is 0.262 e. The van der Waals surface area contributed by atoms with Crippen LogP contribution >= 0.6 is 12.2 Å². The van der Waals surface area contributed by atoms with Gasteiger partial charge in [0.1, 0.15) is 12.3 Å². The van der Waals surface area contributed by atoms with Gasteiger partial charge in [-0.1, -0.05) is 44.9 Å². The van der Waals surface area contributed by atoms with Crippen molar-refractivity contribution in [3.63, 3.8) is 0 Å². The van der Waals surface area contributed by atoms with Gasteiger partial charge in [-0.05, 0) is 47.8 Å². The molecule has 1 aliphatic carbocycles. The molecule has 0 spiro atoms. The predicted molar refractivity (Wildman–Crippen MR) is 112 cm³/mol. The summed E-state index contributed by atoms with van der Waals surface area (Å²) >= 11 is 5.29. The van der Waals surface area contributed by atoms with Gasteiger partial charge in [-0.15, -0.1) is 10.2 Å². The van der Waals surface area contributed by atoms with E-state index in [0.29, 0.717) is 34.6 Å². The van der Waals surface area contributed by atoms with Gasteiger partial charge in [0.2, 0.25) is 5.82 Å². The molecule has 0 unspecified atom stereocenters. The molecule has 1 fully saturated rings. The zero-order valence-electron chi connectivity index (χ0n) is 16.7. The van der Waals surface area contributed by atoms with Gasteiger partial charge in [0.15, 0.2) is 11.7 Å². The molecule has 0 radical (unpaired) electrons. The fraction of sp³-hybridized carbons (Fsp3) is 0.526. The van der Waals surface area contributed by atoms with Gasteiger partial charge in [0.05, 0.1) is 0 Å². The van der Waals surface area contributed by atoms with Crippen molar-refractivity contribution < 1.29 is 9.53 Å². The fourth-order valence-electron chi connectivity index (χ4n) is 3.35. The van der Waals surface area contributed by atoms with E-state index in [1.807, 2.05) is 30.3 Å². The Kier molecular flexibility index (Phi) is 7.34. The molecule has 0 saturated heterocycles. The van der Waals surface area contributed by atoms with E-state index in [9.17, 15) is 4.79 Å². The molecule has 1 amide bonds. The van der Waals surface area contributed by atoms with Crippen LogP contribution in [0.2, 0.25) is 0 Å². The fourth-order valence-corrected chi connectivity index (χ4v) is 3.55. The molecule has 0 aliphatic heterocycles. The minimum absolute atomic E-state index is 0.0786. The van der Waals surface area contributed by atoms with Crippen molar-refractivity contribution >= 4 is 23.2 Å². The molecule has 10 heteroatoms. The summed E-state index contributed by atoms with van der Waals surface area (Å²) in [5.74, 6) is 1.99. The highest BCUT2D eigenvalue weighted by molar-refractivity contribution is 7.80. The molecule has 3 atom stereocenters. The smallest absolute Gasteiger partial charge is 0.262 e. The third-order valence-electron chi connectivity index (χ3n) is 5.23. The lowest BCUT2D eigenvalue weighted by Gasteiger charge is -2.35. The number of para-hydroxylation sites is 1. The number of thiocarbonyl (C=S) groups is 1. The molecule has 156 valence electrons. The van der Waals surface area contributed by atoms with Gasteiger partial charge in [0.25, 0.3) is 5.91 Å². The van der Waals surface area contributed by atoms with Crippen molar-refractivity contribution in [2.24, 2.45) is 11.8 Å². The van der Waals surface area contributed by atoms with Crippen LogP contribution in [0.25, 0.3) is 0 Å². The zero-order chi connectivity index (χ0) is 20.6. The van der Waals surface area contributed by atoms with Crippen LogP contribution in [0.4, 0.5) is 0 Å². The lowest BCUT2D eigenvalue weighted by Crippen LogP contribution is -2.53. The molecule has 1 aromatic carbocycles. The Morgan fingerprint density at radius 2 is 2.03 bits per heavy atom. The van der Waals surface area contributed by atoms with Gasteiger partial charge >= 0.3 is 0 Å². The molecule has 1 saturated carbocycles. The molecule has 0 bridgehead atoms. The second-order valence-corrected chi connectivity index (χ2v) is 7.77. The summed E-state index contributed by atoms with van der Waals surface area (Å²) in [5, 5.41) is 15.6. The highest BCUT2D eigenvalue weighted by Gasteiger charge is 2.27. The highest BCUT2D eigenvalue weighted by atomic mass is 32.1. The van der Waals surface area contributed by atoms with Crippen molar-refractivity contribution in [2.45, 2.75) is 52.3 Å². The van der Waals surface area contributed by atoms with Crippen LogP contribution in [0.5, 0.6) is 5.75 Å². The zero-order valence-corrected chi connectivity index (χ0v) is 17.5. The van der Waals surface area contributed by atoms with Crippen molar-refractivity contribution in [1.29, 1.82) is 0 Å². The molecular formula is C19H27N7O2S. The second-order valence-electron chi connectivity index (χ2n) is 7.36. The number of carbonyl (C=O) groups is 1. The summed E-state index contributed by atoms with van der Waals surface area (Å²) in [5.41, 5.74) is 5.31. The summed E-state index contributed by atoms with van der Waals surface area (Å²) < 4.78 is 5.56. The number of hydrogen-bond donors (Lipinski definition) is 3. The van der Waals surface area contributed by atoms with Crippen LogP contribution in [-0.2, 0) is 17.9 Å². The number of nitrogens with one attached hydrogen (secondary N) is 3. The first-order valence-electron chi connectivity index (χ1n) is 9.81. The van der Waals surface area contributed by atoms with Crippen LogP contribution in [-0.4, -0.2) is 37.3 Å². The first-order chi connectivity index (χ1) is 14.0. The number of nitrogens with zero attached hydrogens (tertiary/aromatic N) is 4. The lowest BCUT2D eigenvalue weighted by atomic mass is 9.78. The number of aromatic nitrogens is 4. The van der Waals surface area contributed by atoms with E-state index in [1.165, 1.54) is 17.6 Å². The van der Waals surface area contributed by atoms with Crippen LogP contribution < -0.4 is 20.9 Å². The number of carbonyl (C=O) groups excluding carboxylic acids is 1. The first-order valence-corrected chi connectivity index (χ1v) is 10.2. The molecule has 3 rings (SSSR count). The Morgan fingerprint density at radius 1 is 1.24 bits per heavy atom. The van der Waals surface area contributed by atoms with Crippen molar-refractivity contribution in [1.82, 2.24) is 36.4 Å². The Labute approximate surface area is 175 Å². The Bertz CT molecular complexity index is 814. The number of rotatable bonds is 6. The monoisotopic (exact) mass is 417 g/mol. The Balaban J connectivity index is 1.38. The van der Waals surface area contributed by atoms with Gasteiger partial charge in [-0.2, -0.15) is 4.80 Å². The third kappa shape index (κ3) is 6.38. The summed E-state index contributed by atoms with van der Waals surface area (Å²) in [6.07, 6.45) is 3.52. The summed E-state index contributed by atoms with van der Waals surface area (Å²) in [4.78, 5) is 13.3. The average Bonchev–Trinajstić information content (AvgIpc) is 3.16. The van der Waals surface area contributed by atoms with E-state index < -0.39 is 0 Å². The van der Waals surface area contributed by atoms with E-state index in [4.69, 9.17) is 17.0 Å². The number of hydrazine groups is 1. The van der Waals surface area contributed by atoms with Gasteiger partial charge in [-0.25, -0.2) is 0 Å². The SMILES string of the molecule is C[C@@H]1[C@H](C)CCC[C@H]1NC(=S)NNC(=O)Cn1nnc(COc2ccccc2)n1. The molecule has 1 aliphatic rings. The topological polar surface area (TPSA) is 106 Å². The van der Waals surface area contributed by atoms with Crippen molar-refractivity contribution in [3.05, 3.63) is 36.2 Å². The third-order valence-corrected chi connectivity index (χ3v) is 5.45. The van der Waals surface area contributed by atoms with Crippen molar-refractivity contribution in [2.75, 3.05) is 0 Å². The van der Waals surface area contributed by atoms with Crippen LogP contribution in [0, 0.1) is 11.8 Å². The molecule has 1 aromatic heterocycles. The highest BCUT2D eigenvalue weighted by Crippen LogP contribution is 2.29. The van der Waals surface area contributed by atoms with E-state index in [2.05, 4.69) is 45.4 Å². The van der Waals surface area contributed by atoms with E-state index >= 15 is 0 Å². The second kappa shape index (κ2) is 10.1. The normalized spacial score (nSPS) is 21.2. The minimum Gasteiger partial charge on any atom is -0.485 e. The molecule has 9 nitrogen and oxygen atoms in total. The van der Waals surface area contributed by atoms with Gasteiger partial charge < -0.3 is 10.1 Å². The van der Waals surface area contributed by atoms with E-state index in [-0.39, 0.29) is 19.1 Å². The average molecular weight is 418 g/mol.